The van der Waals surface area contributed by atoms with E-state index in [0.29, 0.717) is 17.2 Å². The molecule has 0 aliphatic carbocycles. The van der Waals surface area contributed by atoms with Gasteiger partial charge in [-0.15, -0.1) is 0 Å². The fourth-order valence-corrected chi connectivity index (χ4v) is 1.70. The monoisotopic (exact) mass is 356 g/mol. The van der Waals surface area contributed by atoms with Gasteiger partial charge >= 0.3 is 5.97 Å². The van der Waals surface area contributed by atoms with Crippen molar-refractivity contribution in [2.45, 2.75) is 0 Å². The molecule has 0 spiro atoms. The van der Waals surface area contributed by atoms with E-state index in [1.807, 2.05) is 0 Å². The highest BCUT2D eigenvalue weighted by Crippen LogP contribution is 2.24. The SMILES string of the molecule is COC(=O)c1cccc(Oc2ncncc2I)c1. The lowest BCUT2D eigenvalue weighted by molar-refractivity contribution is 0.0600. The Kier molecular flexibility index (Phi) is 4.08. The molecule has 0 radical (unpaired) electrons. The number of benzene rings is 1. The average molecular weight is 356 g/mol. The summed E-state index contributed by atoms with van der Waals surface area (Å²) in [4.78, 5) is 19.3. The number of carbonyl (C=O) groups is 1. The van der Waals surface area contributed by atoms with E-state index in [9.17, 15) is 4.79 Å². The molecule has 18 heavy (non-hydrogen) atoms. The van der Waals surface area contributed by atoms with E-state index in [0.717, 1.165) is 3.57 Å². The third-order valence-electron chi connectivity index (χ3n) is 2.10. The topological polar surface area (TPSA) is 61.3 Å². The fraction of sp³-hybridized carbons (Fsp3) is 0.0833. The number of halogens is 1. The zero-order valence-corrected chi connectivity index (χ0v) is 11.6. The van der Waals surface area contributed by atoms with Crippen molar-refractivity contribution >= 4 is 28.6 Å². The Bertz CT molecular complexity index is 575. The number of hydrogen-bond acceptors (Lipinski definition) is 5. The van der Waals surface area contributed by atoms with Crippen molar-refractivity contribution in [3.05, 3.63) is 45.9 Å². The summed E-state index contributed by atoms with van der Waals surface area (Å²) in [5, 5.41) is 0. The van der Waals surface area contributed by atoms with Crippen molar-refractivity contribution in [2.24, 2.45) is 0 Å². The minimum atomic E-state index is -0.405. The van der Waals surface area contributed by atoms with Crippen LogP contribution in [-0.2, 0) is 4.74 Å². The van der Waals surface area contributed by atoms with E-state index >= 15 is 0 Å². The van der Waals surface area contributed by atoms with E-state index < -0.39 is 5.97 Å². The van der Waals surface area contributed by atoms with Gasteiger partial charge in [-0.25, -0.2) is 14.8 Å². The number of methoxy groups -OCH3 is 1. The molecule has 0 amide bonds. The molecule has 0 unspecified atom stereocenters. The van der Waals surface area contributed by atoms with Gasteiger partial charge < -0.3 is 9.47 Å². The molecule has 1 aromatic heterocycles. The standard InChI is InChI=1S/C12H9IN2O3/c1-17-12(16)8-3-2-4-9(5-8)18-11-10(13)6-14-7-15-11/h2-7H,1H3. The van der Waals surface area contributed by atoms with Gasteiger partial charge in [0.1, 0.15) is 12.1 Å². The van der Waals surface area contributed by atoms with Crippen molar-refractivity contribution in [3.63, 3.8) is 0 Å². The van der Waals surface area contributed by atoms with Crippen LogP contribution in [0.3, 0.4) is 0 Å². The molecule has 2 rings (SSSR count). The molecule has 0 saturated carbocycles. The lowest BCUT2D eigenvalue weighted by Crippen LogP contribution is -2.01. The Labute approximate surface area is 117 Å². The third kappa shape index (κ3) is 2.95. The molecule has 0 fully saturated rings. The number of hydrogen-bond donors (Lipinski definition) is 0. The molecular formula is C12H9IN2O3. The summed E-state index contributed by atoms with van der Waals surface area (Å²) >= 11 is 2.07. The van der Waals surface area contributed by atoms with Gasteiger partial charge in [0, 0.05) is 6.20 Å². The van der Waals surface area contributed by atoms with Crippen LogP contribution in [0.1, 0.15) is 10.4 Å². The first-order valence-electron chi connectivity index (χ1n) is 5.02. The van der Waals surface area contributed by atoms with Gasteiger partial charge in [-0.2, -0.15) is 0 Å². The second-order valence-corrected chi connectivity index (χ2v) is 4.46. The van der Waals surface area contributed by atoms with Gasteiger partial charge in [0.05, 0.1) is 16.2 Å². The van der Waals surface area contributed by atoms with Gasteiger partial charge in [0.25, 0.3) is 0 Å². The number of carbonyl (C=O) groups excluding carboxylic acids is 1. The van der Waals surface area contributed by atoms with Crippen LogP contribution in [0.4, 0.5) is 0 Å². The lowest BCUT2D eigenvalue weighted by Gasteiger charge is -2.06. The molecule has 2 aromatic rings. The van der Waals surface area contributed by atoms with E-state index in [2.05, 4.69) is 37.3 Å². The van der Waals surface area contributed by atoms with Gasteiger partial charge in [-0.05, 0) is 40.8 Å². The summed E-state index contributed by atoms with van der Waals surface area (Å²) in [7, 11) is 1.34. The minimum absolute atomic E-state index is 0.405. The molecule has 5 nitrogen and oxygen atoms in total. The van der Waals surface area contributed by atoms with Crippen LogP contribution in [0.2, 0.25) is 0 Å². The number of nitrogens with zero attached hydrogens (tertiary/aromatic N) is 2. The second kappa shape index (κ2) is 5.76. The largest absolute Gasteiger partial charge is 0.465 e. The van der Waals surface area contributed by atoms with Gasteiger partial charge in [0.2, 0.25) is 5.88 Å². The van der Waals surface area contributed by atoms with Gasteiger partial charge in [-0.1, -0.05) is 6.07 Å². The maximum absolute atomic E-state index is 11.4. The summed E-state index contributed by atoms with van der Waals surface area (Å²) in [6.45, 7) is 0. The predicted octanol–water partition coefficient (Wildman–Crippen LogP) is 2.66. The molecule has 0 bridgehead atoms. The highest BCUT2D eigenvalue weighted by molar-refractivity contribution is 14.1. The molecule has 0 saturated heterocycles. The second-order valence-electron chi connectivity index (χ2n) is 3.30. The summed E-state index contributed by atoms with van der Waals surface area (Å²) in [5.74, 6) is 0.569. The van der Waals surface area contributed by atoms with Crippen LogP contribution in [-0.4, -0.2) is 23.0 Å². The van der Waals surface area contributed by atoms with Crippen LogP contribution in [0, 0.1) is 3.57 Å². The number of ether oxygens (including phenoxy) is 2. The lowest BCUT2D eigenvalue weighted by atomic mass is 10.2. The summed E-state index contributed by atoms with van der Waals surface area (Å²) in [6.07, 6.45) is 3.05. The Hall–Kier alpha value is -1.70. The molecule has 0 aliphatic heterocycles. The van der Waals surface area contributed by atoms with Crippen LogP contribution in [0.15, 0.2) is 36.8 Å². The number of aromatic nitrogens is 2. The van der Waals surface area contributed by atoms with E-state index in [-0.39, 0.29) is 0 Å². The smallest absolute Gasteiger partial charge is 0.337 e. The highest BCUT2D eigenvalue weighted by atomic mass is 127. The quantitative estimate of drug-likeness (QED) is 0.625. The Morgan fingerprint density at radius 2 is 2.22 bits per heavy atom. The molecule has 1 heterocycles. The van der Waals surface area contributed by atoms with Crippen molar-refractivity contribution in [1.82, 2.24) is 9.97 Å². The zero-order chi connectivity index (χ0) is 13.0. The van der Waals surface area contributed by atoms with Crippen molar-refractivity contribution < 1.29 is 14.3 Å². The molecular weight excluding hydrogens is 347 g/mol. The van der Waals surface area contributed by atoms with Crippen LogP contribution < -0.4 is 4.74 Å². The third-order valence-corrected chi connectivity index (χ3v) is 2.84. The maximum Gasteiger partial charge on any atom is 0.337 e. The van der Waals surface area contributed by atoms with Crippen LogP contribution in [0.5, 0.6) is 11.6 Å². The minimum Gasteiger partial charge on any atom is -0.465 e. The fourth-order valence-electron chi connectivity index (χ4n) is 1.29. The Morgan fingerprint density at radius 3 is 2.94 bits per heavy atom. The summed E-state index contributed by atoms with van der Waals surface area (Å²) < 4.78 is 11.0. The van der Waals surface area contributed by atoms with E-state index in [1.54, 1.807) is 30.5 Å². The molecule has 0 aliphatic rings. The average Bonchev–Trinajstić information content (AvgIpc) is 2.41. The first-order chi connectivity index (χ1) is 8.70. The molecule has 0 N–H and O–H groups in total. The molecule has 6 heteroatoms. The van der Waals surface area contributed by atoms with Crippen LogP contribution >= 0.6 is 22.6 Å². The van der Waals surface area contributed by atoms with E-state index in [1.165, 1.54) is 13.4 Å². The highest BCUT2D eigenvalue weighted by Gasteiger charge is 2.08. The number of esters is 1. The summed E-state index contributed by atoms with van der Waals surface area (Å²) in [5.41, 5.74) is 0.430. The molecule has 0 atom stereocenters. The summed E-state index contributed by atoms with van der Waals surface area (Å²) in [6, 6.07) is 6.72. The zero-order valence-electron chi connectivity index (χ0n) is 9.46. The van der Waals surface area contributed by atoms with Crippen molar-refractivity contribution in [3.8, 4) is 11.6 Å². The van der Waals surface area contributed by atoms with Crippen LogP contribution in [0.25, 0.3) is 0 Å². The maximum atomic E-state index is 11.4. The Balaban J connectivity index is 2.25. The first kappa shape index (κ1) is 12.7. The Morgan fingerprint density at radius 1 is 1.39 bits per heavy atom. The van der Waals surface area contributed by atoms with Crippen molar-refractivity contribution in [1.29, 1.82) is 0 Å². The van der Waals surface area contributed by atoms with E-state index in [4.69, 9.17) is 4.74 Å². The number of rotatable bonds is 3. The van der Waals surface area contributed by atoms with Crippen molar-refractivity contribution in [2.75, 3.05) is 7.11 Å². The van der Waals surface area contributed by atoms with Gasteiger partial charge in [-0.3, -0.25) is 0 Å². The predicted molar refractivity (Wildman–Crippen MR) is 72.6 cm³/mol. The van der Waals surface area contributed by atoms with Gasteiger partial charge in [0.15, 0.2) is 0 Å². The normalized spacial score (nSPS) is 9.89. The first-order valence-corrected chi connectivity index (χ1v) is 6.10. The molecule has 92 valence electrons. The molecule has 1 aromatic carbocycles.